The number of hydrogen-bond donors (Lipinski definition) is 0. The number of benzene rings is 1. The maximum absolute atomic E-state index is 12.0. The van der Waals surface area contributed by atoms with Crippen LogP contribution in [0.4, 0.5) is 0 Å². The first kappa shape index (κ1) is 14.8. The third kappa shape index (κ3) is 3.38. The van der Waals surface area contributed by atoms with E-state index in [1.807, 2.05) is 55.5 Å². The number of carbonyl (C=O) groups is 1. The lowest BCUT2D eigenvalue weighted by Crippen LogP contribution is -1.88. The highest BCUT2D eigenvalue weighted by atomic mass is 35.5. The molecule has 0 saturated heterocycles. The molecular weight excluding hydrogens is 316 g/mol. The summed E-state index contributed by atoms with van der Waals surface area (Å²) in [6.45, 7) is 1.98. The number of rotatable bonds is 4. The van der Waals surface area contributed by atoms with Gasteiger partial charge in [-0.05, 0) is 55.5 Å². The summed E-state index contributed by atoms with van der Waals surface area (Å²) in [5, 5.41) is 0.661. The largest absolute Gasteiger partial charge is 0.457 e. The zero-order chi connectivity index (χ0) is 15.5. The van der Waals surface area contributed by atoms with Crippen LogP contribution in [0.3, 0.4) is 0 Å². The molecule has 0 amide bonds. The van der Waals surface area contributed by atoms with Crippen molar-refractivity contribution in [2.75, 3.05) is 0 Å². The number of ketones is 1. The first-order valence-corrected chi connectivity index (χ1v) is 7.96. The molecule has 0 N–H and O–H groups in total. The Hall–Kier alpha value is -2.10. The minimum atomic E-state index is -0.0150. The molecule has 3 aromatic rings. The Kier molecular flexibility index (Phi) is 4.27. The minimum absolute atomic E-state index is 0.0150. The molecule has 2 nitrogen and oxygen atoms in total. The second-order valence-electron chi connectivity index (χ2n) is 4.82. The molecule has 0 aliphatic heterocycles. The minimum Gasteiger partial charge on any atom is -0.457 e. The van der Waals surface area contributed by atoms with Crippen LogP contribution in [0.1, 0.15) is 20.3 Å². The average molecular weight is 329 g/mol. The van der Waals surface area contributed by atoms with E-state index >= 15 is 0 Å². The zero-order valence-corrected chi connectivity index (χ0v) is 13.4. The highest BCUT2D eigenvalue weighted by Crippen LogP contribution is 2.25. The van der Waals surface area contributed by atoms with Gasteiger partial charge in [-0.3, -0.25) is 4.79 Å². The SMILES string of the molecule is Cc1ccc(C(=O)/C=C/c2ccc(-c3cccc(Cl)c3)o2)s1. The van der Waals surface area contributed by atoms with Gasteiger partial charge in [0.2, 0.25) is 0 Å². The third-order valence-electron chi connectivity index (χ3n) is 3.12. The molecule has 2 heterocycles. The van der Waals surface area contributed by atoms with Crippen LogP contribution in [0.25, 0.3) is 17.4 Å². The van der Waals surface area contributed by atoms with Gasteiger partial charge in [-0.15, -0.1) is 11.3 Å². The number of hydrogen-bond acceptors (Lipinski definition) is 3. The number of carbonyl (C=O) groups excluding carboxylic acids is 1. The molecule has 2 aromatic heterocycles. The lowest BCUT2D eigenvalue weighted by Gasteiger charge is -1.96. The van der Waals surface area contributed by atoms with E-state index in [-0.39, 0.29) is 5.78 Å². The van der Waals surface area contributed by atoms with Crippen LogP contribution in [-0.4, -0.2) is 5.78 Å². The van der Waals surface area contributed by atoms with Crippen LogP contribution < -0.4 is 0 Å². The molecule has 1 aromatic carbocycles. The monoisotopic (exact) mass is 328 g/mol. The molecule has 110 valence electrons. The maximum Gasteiger partial charge on any atom is 0.195 e. The van der Waals surface area contributed by atoms with Crippen molar-refractivity contribution >= 4 is 34.8 Å². The van der Waals surface area contributed by atoms with Gasteiger partial charge in [-0.2, -0.15) is 0 Å². The molecule has 0 bridgehead atoms. The lowest BCUT2D eigenvalue weighted by atomic mass is 10.2. The molecule has 0 spiro atoms. The fraction of sp³-hybridized carbons (Fsp3) is 0.0556. The molecule has 4 heteroatoms. The molecule has 0 saturated carbocycles. The van der Waals surface area contributed by atoms with Gasteiger partial charge < -0.3 is 4.42 Å². The van der Waals surface area contributed by atoms with Crippen LogP contribution in [0.2, 0.25) is 5.02 Å². The predicted molar refractivity (Wildman–Crippen MR) is 91.6 cm³/mol. The Morgan fingerprint density at radius 3 is 2.77 bits per heavy atom. The van der Waals surface area contributed by atoms with Crippen LogP contribution in [0, 0.1) is 6.92 Å². The van der Waals surface area contributed by atoms with Crippen molar-refractivity contribution in [1.82, 2.24) is 0 Å². The molecule has 0 aliphatic rings. The van der Waals surface area contributed by atoms with Gasteiger partial charge in [0.25, 0.3) is 0 Å². The van der Waals surface area contributed by atoms with Gasteiger partial charge in [-0.1, -0.05) is 23.7 Å². The summed E-state index contributed by atoms with van der Waals surface area (Å²) < 4.78 is 5.72. The lowest BCUT2D eigenvalue weighted by molar-refractivity contribution is 0.105. The molecular formula is C18H13ClO2S. The van der Waals surface area contributed by atoms with Gasteiger partial charge in [0, 0.05) is 15.5 Å². The van der Waals surface area contributed by atoms with Crippen LogP contribution in [-0.2, 0) is 0 Å². The van der Waals surface area contributed by atoms with E-state index in [0.717, 1.165) is 21.1 Å². The highest BCUT2D eigenvalue weighted by Gasteiger charge is 2.06. The van der Waals surface area contributed by atoms with E-state index in [4.69, 9.17) is 16.0 Å². The summed E-state index contributed by atoms with van der Waals surface area (Å²) in [6.07, 6.45) is 3.22. The summed E-state index contributed by atoms with van der Waals surface area (Å²) in [5.74, 6) is 1.34. The molecule has 0 unspecified atom stereocenters. The Bertz CT molecular complexity index is 842. The van der Waals surface area contributed by atoms with Crippen LogP contribution in [0.15, 0.2) is 59.0 Å². The van der Waals surface area contributed by atoms with Crippen molar-refractivity contribution in [3.05, 3.63) is 75.1 Å². The standard InChI is InChI=1S/C18H13ClO2S/c1-12-5-10-18(22-12)16(20)8-6-15-7-9-17(21-15)13-3-2-4-14(19)11-13/h2-11H,1H3/b8-6+. The Labute approximate surface area is 137 Å². The van der Waals surface area contributed by atoms with Gasteiger partial charge in [0.15, 0.2) is 5.78 Å². The fourth-order valence-electron chi connectivity index (χ4n) is 2.05. The molecule has 22 heavy (non-hydrogen) atoms. The van der Waals surface area contributed by atoms with Crippen LogP contribution >= 0.6 is 22.9 Å². The van der Waals surface area contributed by atoms with Gasteiger partial charge in [0.1, 0.15) is 11.5 Å². The van der Waals surface area contributed by atoms with Crippen molar-refractivity contribution in [2.24, 2.45) is 0 Å². The first-order chi connectivity index (χ1) is 10.6. The average Bonchev–Trinajstić information content (AvgIpc) is 3.14. The summed E-state index contributed by atoms with van der Waals surface area (Å²) in [6, 6.07) is 14.9. The van der Waals surface area contributed by atoms with Crippen LogP contribution in [0.5, 0.6) is 0 Å². The molecule has 0 fully saturated rings. The van der Waals surface area contributed by atoms with Crippen molar-refractivity contribution in [1.29, 1.82) is 0 Å². The second kappa shape index (κ2) is 6.34. The molecule has 0 radical (unpaired) electrons. The maximum atomic E-state index is 12.0. The smallest absolute Gasteiger partial charge is 0.195 e. The Balaban J connectivity index is 1.77. The third-order valence-corrected chi connectivity index (χ3v) is 4.37. The van der Waals surface area contributed by atoms with E-state index in [1.54, 1.807) is 6.08 Å². The highest BCUT2D eigenvalue weighted by molar-refractivity contribution is 7.14. The van der Waals surface area contributed by atoms with E-state index in [2.05, 4.69) is 0 Å². The molecule has 0 atom stereocenters. The molecule has 3 rings (SSSR count). The predicted octanol–water partition coefficient (Wildman–Crippen LogP) is 5.87. The number of thiophene rings is 1. The van der Waals surface area contributed by atoms with Gasteiger partial charge >= 0.3 is 0 Å². The van der Waals surface area contributed by atoms with Crippen molar-refractivity contribution in [2.45, 2.75) is 6.92 Å². The summed E-state index contributed by atoms with van der Waals surface area (Å²) >= 11 is 7.46. The van der Waals surface area contributed by atoms with E-state index in [1.165, 1.54) is 17.4 Å². The zero-order valence-electron chi connectivity index (χ0n) is 11.9. The quantitative estimate of drug-likeness (QED) is 0.443. The number of furan rings is 1. The Morgan fingerprint density at radius 1 is 1.18 bits per heavy atom. The van der Waals surface area contributed by atoms with Crippen molar-refractivity contribution in [3.63, 3.8) is 0 Å². The normalized spacial score (nSPS) is 11.2. The van der Waals surface area contributed by atoms with E-state index in [0.29, 0.717) is 10.8 Å². The first-order valence-electron chi connectivity index (χ1n) is 6.76. The van der Waals surface area contributed by atoms with Gasteiger partial charge in [0.05, 0.1) is 4.88 Å². The summed E-state index contributed by atoms with van der Waals surface area (Å²) in [4.78, 5) is 13.9. The summed E-state index contributed by atoms with van der Waals surface area (Å²) in [7, 11) is 0. The topological polar surface area (TPSA) is 30.2 Å². The number of allylic oxidation sites excluding steroid dienone is 1. The molecule has 0 aliphatic carbocycles. The fourth-order valence-corrected chi connectivity index (χ4v) is 3.02. The van der Waals surface area contributed by atoms with E-state index in [9.17, 15) is 4.79 Å². The number of halogens is 1. The van der Waals surface area contributed by atoms with Crippen molar-refractivity contribution < 1.29 is 9.21 Å². The summed E-state index contributed by atoms with van der Waals surface area (Å²) in [5.41, 5.74) is 0.910. The number of aryl methyl sites for hydroxylation is 1. The second-order valence-corrected chi connectivity index (χ2v) is 6.54. The van der Waals surface area contributed by atoms with E-state index < -0.39 is 0 Å². The van der Waals surface area contributed by atoms with Crippen molar-refractivity contribution in [3.8, 4) is 11.3 Å². The van der Waals surface area contributed by atoms with Gasteiger partial charge in [-0.25, -0.2) is 0 Å². The Morgan fingerprint density at radius 2 is 2.05 bits per heavy atom.